The molecule has 104 valence electrons. The molecule has 20 heavy (non-hydrogen) atoms. The molecule has 1 aromatic heterocycles. The summed E-state index contributed by atoms with van der Waals surface area (Å²) in [5.41, 5.74) is 0.295. The average Bonchev–Trinajstić information content (AvgIpc) is 2.91. The topological polar surface area (TPSA) is 123 Å². The van der Waals surface area contributed by atoms with E-state index in [9.17, 15) is 14.9 Å². The lowest BCUT2D eigenvalue weighted by Gasteiger charge is -2.06. The highest BCUT2D eigenvalue weighted by molar-refractivity contribution is 7.09. The summed E-state index contributed by atoms with van der Waals surface area (Å²) in [6, 6.07) is 4.25. The fourth-order valence-corrected chi connectivity index (χ4v) is 1.90. The van der Waals surface area contributed by atoms with Crippen molar-refractivity contribution in [2.75, 3.05) is 17.2 Å². The van der Waals surface area contributed by atoms with Crippen LogP contribution >= 0.6 is 11.5 Å². The summed E-state index contributed by atoms with van der Waals surface area (Å²) in [5, 5.41) is 23.4. The molecule has 0 spiro atoms. The van der Waals surface area contributed by atoms with Gasteiger partial charge in [-0.3, -0.25) is 20.2 Å². The molecule has 0 aliphatic carbocycles. The van der Waals surface area contributed by atoms with Gasteiger partial charge in [0.15, 0.2) is 0 Å². The van der Waals surface area contributed by atoms with E-state index in [1.807, 2.05) is 6.92 Å². The van der Waals surface area contributed by atoms with Crippen molar-refractivity contribution in [3.63, 3.8) is 0 Å². The minimum atomic E-state index is -0.630. The number of nitro benzene ring substituents is 1. The van der Waals surface area contributed by atoms with E-state index in [0.29, 0.717) is 12.2 Å². The third kappa shape index (κ3) is 3.03. The second kappa shape index (κ2) is 6.02. The zero-order valence-corrected chi connectivity index (χ0v) is 11.2. The second-order valence-electron chi connectivity index (χ2n) is 3.64. The Hall–Kier alpha value is -2.62. The van der Waals surface area contributed by atoms with Gasteiger partial charge in [0.2, 0.25) is 5.13 Å². The summed E-state index contributed by atoms with van der Waals surface area (Å²) in [6.07, 6.45) is 0. The number of aromatic nitrogens is 3. The van der Waals surface area contributed by atoms with Crippen molar-refractivity contribution in [2.24, 2.45) is 0 Å². The lowest BCUT2D eigenvalue weighted by Crippen LogP contribution is -2.14. The van der Waals surface area contributed by atoms with Crippen LogP contribution in [0.15, 0.2) is 18.2 Å². The number of hydrogen-bond acceptors (Lipinski definition) is 8. The summed E-state index contributed by atoms with van der Waals surface area (Å²) < 4.78 is 3.49. The molecule has 0 bridgehead atoms. The quantitative estimate of drug-likeness (QED) is 0.633. The maximum atomic E-state index is 12.1. The molecule has 0 radical (unpaired) electrons. The van der Waals surface area contributed by atoms with Crippen LogP contribution in [0.1, 0.15) is 17.3 Å². The molecule has 0 aliphatic rings. The van der Waals surface area contributed by atoms with E-state index in [0.717, 1.165) is 11.5 Å². The van der Waals surface area contributed by atoms with E-state index in [4.69, 9.17) is 0 Å². The van der Waals surface area contributed by atoms with Crippen molar-refractivity contribution >= 4 is 33.9 Å². The smallest absolute Gasteiger partial charge is 0.282 e. The Kier molecular flexibility index (Phi) is 4.15. The lowest BCUT2D eigenvalue weighted by atomic mass is 10.1. The van der Waals surface area contributed by atoms with Crippen LogP contribution in [0.4, 0.5) is 16.5 Å². The molecule has 2 aromatic rings. The number of rotatable bonds is 5. The summed E-state index contributed by atoms with van der Waals surface area (Å²) in [4.78, 5) is 22.4. The molecule has 2 N–H and O–H groups in total. The van der Waals surface area contributed by atoms with E-state index in [1.54, 1.807) is 6.07 Å². The molecule has 0 atom stereocenters. The number of benzene rings is 1. The first-order chi connectivity index (χ1) is 9.61. The van der Waals surface area contributed by atoms with Crippen LogP contribution in [0.2, 0.25) is 0 Å². The fraction of sp³-hybridized carbons (Fsp3) is 0.200. The van der Waals surface area contributed by atoms with Gasteiger partial charge < -0.3 is 5.32 Å². The van der Waals surface area contributed by atoms with E-state index in [-0.39, 0.29) is 16.4 Å². The zero-order chi connectivity index (χ0) is 14.5. The Bertz CT molecular complexity index is 630. The lowest BCUT2D eigenvalue weighted by molar-refractivity contribution is -0.385. The number of hydrogen-bond donors (Lipinski definition) is 2. The molecule has 0 aliphatic heterocycles. The monoisotopic (exact) mass is 294 g/mol. The normalized spacial score (nSPS) is 10.1. The first-order valence-corrected chi connectivity index (χ1v) is 6.38. The Balaban J connectivity index is 2.33. The number of nitrogens with one attached hydrogen (secondary N) is 2. The maximum Gasteiger partial charge on any atom is 0.282 e. The third-order valence-electron chi connectivity index (χ3n) is 2.34. The largest absolute Gasteiger partial charge is 0.385 e. The van der Waals surface area contributed by atoms with Gasteiger partial charge in [-0.05, 0) is 24.3 Å². The van der Waals surface area contributed by atoms with Crippen molar-refractivity contribution < 1.29 is 9.72 Å². The third-order valence-corrected chi connectivity index (χ3v) is 2.85. The molecule has 1 heterocycles. The second-order valence-corrected chi connectivity index (χ2v) is 4.37. The summed E-state index contributed by atoms with van der Waals surface area (Å²) >= 11 is 0.885. The summed E-state index contributed by atoms with van der Waals surface area (Å²) in [6.45, 7) is 2.52. The molecule has 9 nitrogen and oxygen atoms in total. The van der Waals surface area contributed by atoms with Crippen LogP contribution in [-0.2, 0) is 0 Å². The number of amides is 1. The van der Waals surface area contributed by atoms with Crippen LogP contribution in [0.25, 0.3) is 0 Å². The van der Waals surface area contributed by atoms with Crippen molar-refractivity contribution in [3.05, 3.63) is 33.9 Å². The molecule has 1 aromatic carbocycles. The minimum absolute atomic E-state index is 0.0522. The molecule has 10 heteroatoms. The molecule has 1 amide bonds. The molecule has 2 rings (SSSR count). The fourth-order valence-electron chi connectivity index (χ4n) is 1.54. The highest BCUT2D eigenvalue weighted by atomic mass is 32.1. The van der Waals surface area contributed by atoms with Gasteiger partial charge in [-0.2, -0.15) is 0 Å². The number of carbonyl (C=O) groups is 1. The van der Waals surface area contributed by atoms with Crippen molar-refractivity contribution in [3.8, 4) is 0 Å². The van der Waals surface area contributed by atoms with Gasteiger partial charge in [0.25, 0.3) is 11.6 Å². The molecule has 0 saturated heterocycles. The molecule has 0 unspecified atom stereocenters. The predicted octanol–water partition coefficient (Wildman–Crippen LogP) is 1.53. The SMILES string of the molecule is CCNc1ccc([N+](=O)[O-])c(C(=O)Nc2nnns2)c1. The van der Waals surface area contributed by atoms with Crippen molar-refractivity contribution in [1.29, 1.82) is 0 Å². The zero-order valence-electron chi connectivity index (χ0n) is 10.4. The highest BCUT2D eigenvalue weighted by Gasteiger charge is 2.21. The minimum Gasteiger partial charge on any atom is -0.385 e. The standard InChI is InChI=1S/C10H10N6O3S/c1-2-11-6-3-4-8(16(18)19)7(5-6)9(17)12-10-13-14-15-20-10/h3-5,11H,2H2,1H3,(H,12,13,15,17). The average molecular weight is 294 g/mol. The Morgan fingerprint density at radius 3 is 2.90 bits per heavy atom. The maximum absolute atomic E-state index is 12.1. The molecule has 0 saturated carbocycles. The number of nitro groups is 1. The van der Waals surface area contributed by atoms with E-state index in [1.165, 1.54) is 12.1 Å². The molecule has 0 fully saturated rings. The summed E-state index contributed by atoms with van der Waals surface area (Å²) in [7, 11) is 0. The van der Waals surface area contributed by atoms with Crippen molar-refractivity contribution in [1.82, 2.24) is 14.8 Å². The van der Waals surface area contributed by atoms with Crippen LogP contribution in [-0.4, -0.2) is 32.2 Å². The predicted molar refractivity (Wildman–Crippen MR) is 72.9 cm³/mol. The summed E-state index contributed by atoms with van der Waals surface area (Å²) in [5.74, 6) is -0.630. The highest BCUT2D eigenvalue weighted by Crippen LogP contribution is 2.23. The van der Waals surface area contributed by atoms with Crippen LogP contribution in [0.5, 0.6) is 0 Å². The number of nitrogens with zero attached hydrogens (tertiary/aromatic N) is 4. The van der Waals surface area contributed by atoms with E-state index >= 15 is 0 Å². The Morgan fingerprint density at radius 1 is 1.50 bits per heavy atom. The van der Waals surface area contributed by atoms with E-state index in [2.05, 4.69) is 25.4 Å². The van der Waals surface area contributed by atoms with Crippen LogP contribution in [0, 0.1) is 10.1 Å². The van der Waals surface area contributed by atoms with Gasteiger partial charge in [0, 0.05) is 29.8 Å². The van der Waals surface area contributed by atoms with E-state index < -0.39 is 10.8 Å². The number of anilines is 2. The molecular formula is C10H10N6O3S. The van der Waals surface area contributed by atoms with Crippen LogP contribution in [0.3, 0.4) is 0 Å². The van der Waals surface area contributed by atoms with Gasteiger partial charge >= 0.3 is 0 Å². The van der Waals surface area contributed by atoms with Gasteiger partial charge in [0.1, 0.15) is 5.56 Å². The Morgan fingerprint density at radius 2 is 2.30 bits per heavy atom. The molecular weight excluding hydrogens is 284 g/mol. The van der Waals surface area contributed by atoms with Gasteiger partial charge in [-0.15, -0.1) is 0 Å². The Labute approximate surface area is 117 Å². The van der Waals surface area contributed by atoms with Gasteiger partial charge in [0.05, 0.1) is 4.92 Å². The van der Waals surface area contributed by atoms with Gasteiger partial charge in [-0.25, -0.2) is 0 Å². The number of carbonyl (C=O) groups excluding carboxylic acids is 1. The van der Waals surface area contributed by atoms with Gasteiger partial charge in [-0.1, -0.05) is 9.59 Å². The first kappa shape index (κ1) is 13.8. The van der Waals surface area contributed by atoms with Crippen molar-refractivity contribution in [2.45, 2.75) is 6.92 Å². The van der Waals surface area contributed by atoms with Crippen LogP contribution < -0.4 is 10.6 Å². The first-order valence-electron chi connectivity index (χ1n) is 5.60.